The summed E-state index contributed by atoms with van der Waals surface area (Å²) < 4.78 is 11.5. The van der Waals surface area contributed by atoms with Gasteiger partial charge in [0.15, 0.2) is 0 Å². The van der Waals surface area contributed by atoms with Crippen molar-refractivity contribution in [3.8, 4) is 11.6 Å². The third-order valence-electron chi connectivity index (χ3n) is 2.34. The van der Waals surface area contributed by atoms with Crippen LogP contribution in [-0.2, 0) is 6.61 Å². The molecule has 0 saturated heterocycles. The molecule has 4 nitrogen and oxygen atoms in total. The number of nitrogen functional groups attached to an aromatic ring is 1. The van der Waals surface area contributed by atoms with Crippen LogP contribution < -0.4 is 15.2 Å². The molecule has 1 heterocycles. The van der Waals surface area contributed by atoms with Crippen molar-refractivity contribution in [2.45, 2.75) is 6.61 Å². The van der Waals surface area contributed by atoms with Crippen LogP contribution in [0.15, 0.2) is 41.0 Å². The summed E-state index contributed by atoms with van der Waals surface area (Å²) in [5, 5.41) is 0. The molecule has 0 atom stereocenters. The van der Waals surface area contributed by atoms with Crippen molar-refractivity contribution in [1.29, 1.82) is 0 Å². The molecule has 2 aromatic rings. The molecule has 0 unspecified atom stereocenters. The molecule has 5 heteroatoms. The van der Waals surface area contributed by atoms with Gasteiger partial charge in [-0.15, -0.1) is 0 Å². The van der Waals surface area contributed by atoms with Gasteiger partial charge in [-0.25, -0.2) is 4.98 Å². The number of nitrogens with two attached hydrogens (primary N) is 1. The number of anilines is 1. The Morgan fingerprint density at radius 3 is 2.89 bits per heavy atom. The second kappa shape index (κ2) is 5.73. The van der Waals surface area contributed by atoms with Crippen LogP contribution in [0.1, 0.15) is 5.56 Å². The Morgan fingerprint density at radius 1 is 1.33 bits per heavy atom. The number of hydrogen-bond acceptors (Lipinski definition) is 4. The summed E-state index contributed by atoms with van der Waals surface area (Å²) in [7, 11) is 1.64. The van der Waals surface area contributed by atoms with E-state index in [9.17, 15) is 0 Å². The van der Waals surface area contributed by atoms with Crippen molar-refractivity contribution in [3.63, 3.8) is 0 Å². The summed E-state index contributed by atoms with van der Waals surface area (Å²) >= 11 is 3.36. The molecule has 0 aliphatic heterocycles. The van der Waals surface area contributed by atoms with Crippen LogP contribution in [0, 0.1) is 0 Å². The van der Waals surface area contributed by atoms with Gasteiger partial charge in [-0.1, -0.05) is 12.1 Å². The van der Waals surface area contributed by atoms with Gasteiger partial charge in [0.2, 0.25) is 5.88 Å². The van der Waals surface area contributed by atoms with Gasteiger partial charge >= 0.3 is 0 Å². The molecule has 0 aliphatic rings. The minimum Gasteiger partial charge on any atom is -0.497 e. The number of rotatable bonds is 4. The lowest BCUT2D eigenvalue weighted by Gasteiger charge is -2.08. The molecule has 0 saturated carbocycles. The third kappa shape index (κ3) is 3.13. The van der Waals surface area contributed by atoms with E-state index in [-0.39, 0.29) is 0 Å². The smallest absolute Gasteiger partial charge is 0.228 e. The number of aromatic nitrogens is 1. The fourth-order valence-electron chi connectivity index (χ4n) is 1.46. The second-order valence-electron chi connectivity index (χ2n) is 3.70. The highest BCUT2D eigenvalue weighted by molar-refractivity contribution is 9.10. The van der Waals surface area contributed by atoms with Gasteiger partial charge < -0.3 is 15.2 Å². The van der Waals surface area contributed by atoms with Crippen LogP contribution in [0.3, 0.4) is 0 Å². The fraction of sp³-hybridized carbons (Fsp3) is 0.154. The lowest BCUT2D eigenvalue weighted by molar-refractivity contribution is 0.291. The highest BCUT2D eigenvalue weighted by Crippen LogP contribution is 2.25. The Morgan fingerprint density at radius 2 is 2.17 bits per heavy atom. The maximum Gasteiger partial charge on any atom is 0.228 e. The molecule has 0 amide bonds. The highest BCUT2D eigenvalue weighted by atomic mass is 79.9. The molecule has 94 valence electrons. The minimum atomic E-state index is 0.423. The van der Waals surface area contributed by atoms with Crippen LogP contribution in [0.5, 0.6) is 11.6 Å². The van der Waals surface area contributed by atoms with Gasteiger partial charge in [0.1, 0.15) is 12.4 Å². The van der Waals surface area contributed by atoms with E-state index in [4.69, 9.17) is 15.2 Å². The van der Waals surface area contributed by atoms with Crippen molar-refractivity contribution >= 4 is 21.6 Å². The second-order valence-corrected chi connectivity index (χ2v) is 4.55. The lowest BCUT2D eigenvalue weighted by Crippen LogP contribution is -1.99. The first-order chi connectivity index (χ1) is 8.69. The van der Waals surface area contributed by atoms with Crippen molar-refractivity contribution in [2.75, 3.05) is 12.8 Å². The van der Waals surface area contributed by atoms with Gasteiger partial charge in [-0.05, 0) is 39.7 Å². The first kappa shape index (κ1) is 12.7. The average Bonchev–Trinajstić information content (AvgIpc) is 2.38. The van der Waals surface area contributed by atoms with Crippen molar-refractivity contribution in [2.24, 2.45) is 0 Å². The van der Waals surface area contributed by atoms with Crippen LogP contribution in [0.2, 0.25) is 0 Å². The summed E-state index contributed by atoms with van der Waals surface area (Å²) in [6, 6.07) is 9.46. The van der Waals surface area contributed by atoms with E-state index in [1.807, 2.05) is 24.3 Å². The molecule has 0 bridgehead atoms. The monoisotopic (exact) mass is 308 g/mol. The first-order valence-corrected chi connectivity index (χ1v) is 6.15. The number of halogens is 1. The van der Waals surface area contributed by atoms with Crippen molar-refractivity contribution < 1.29 is 9.47 Å². The predicted molar refractivity (Wildman–Crippen MR) is 73.7 cm³/mol. The van der Waals surface area contributed by atoms with E-state index in [1.54, 1.807) is 19.4 Å². The Labute approximate surface area is 114 Å². The van der Waals surface area contributed by atoms with E-state index < -0.39 is 0 Å². The minimum absolute atomic E-state index is 0.423. The largest absolute Gasteiger partial charge is 0.497 e. The fourth-order valence-corrected chi connectivity index (χ4v) is 1.94. The zero-order valence-corrected chi connectivity index (χ0v) is 11.5. The zero-order valence-electron chi connectivity index (χ0n) is 9.89. The Hall–Kier alpha value is -1.75. The van der Waals surface area contributed by atoms with Gasteiger partial charge in [0.25, 0.3) is 0 Å². The van der Waals surface area contributed by atoms with Gasteiger partial charge in [-0.3, -0.25) is 0 Å². The highest BCUT2D eigenvalue weighted by Gasteiger charge is 2.04. The molecule has 1 aromatic carbocycles. The molecule has 0 radical (unpaired) electrons. The van der Waals surface area contributed by atoms with Crippen molar-refractivity contribution in [1.82, 2.24) is 4.98 Å². The van der Waals surface area contributed by atoms with Gasteiger partial charge in [0, 0.05) is 0 Å². The topological polar surface area (TPSA) is 57.4 Å². The van der Waals surface area contributed by atoms with E-state index in [0.717, 1.165) is 15.8 Å². The van der Waals surface area contributed by atoms with Gasteiger partial charge in [0.05, 0.1) is 23.5 Å². The van der Waals surface area contributed by atoms with Crippen molar-refractivity contribution in [3.05, 3.63) is 46.6 Å². The third-order valence-corrected chi connectivity index (χ3v) is 2.91. The number of benzene rings is 1. The quantitative estimate of drug-likeness (QED) is 0.943. The Kier molecular flexibility index (Phi) is 4.04. The Bertz CT molecular complexity index is 546. The lowest BCUT2D eigenvalue weighted by atomic mass is 10.2. The summed E-state index contributed by atoms with van der Waals surface area (Å²) in [6.07, 6.45) is 1.56. The van der Waals surface area contributed by atoms with E-state index in [0.29, 0.717) is 18.2 Å². The SMILES string of the molecule is COc1cccc(COc2ncc(N)cc2Br)c1. The molecule has 1 aromatic heterocycles. The number of methoxy groups -OCH3 is 1. The number of pyridine rings is 1. The Balaban J connectivity index is 2.06. The van der Waals surface area contributed by atoms with E-state index >= 15 is 0 Å². The molecule has 0 aliphatic carbocycles. The van der Waals surface area contributed by atoms with Crippen LogP contribution in [0.25, 0.3) is 0 Å². The van der Waals surface area contributed by atoms with Crippen LogP contribution in [-0.4, -0.2) is 12.1 Å². The standard InChI is InChI=1S/C13H13BrN2O2/c1-17-11-4-2-3-9(5-11)8-18-13-12(14)6-10(15)7-16-13/h2-7H,8,15H2,1H3. The van der Waals surface area contributed by atoms with Crippen LogP contribution in [0.4, 0.5) is 5.69 Å². The molecular formula is C13H13BrN2O2. The molecular weight excluding hydrogens is 296 g/mol. The number of nitrogens with zero attached hydrogens (tertiary/aromatic N) is 1. The summed E-state index contributed by atoms with van der Waals surface area (Å²) in [5.74, 6) is 1.33. The number of hydrogen-bond donors (Lipinski definition) is 1. The predicted octanol–water partition coefficient (Wildman–Crippen LogP) is 3.01. The van der Waals surface area contributed by atoms with E-state index in [2.05, 4.69) is 20.9 Å². The zero-order chi connectivity index (χ0) is 13.0. The molecule has 2 N–H and O–H groups in total. The van der Waals surface area contributed by atoms with E-state index in [1.165, 1.54) is 0 Å². The maximum absolute atomic E-state index is 5.61. The number of ether oxygens (including phenoxy) is 2. The molecule has 18 heavy (non-hydrogen) atoms. The first-order valence-electron chi connectivity index (χ1n) is 5.36. The summed E-state index contributed by atoms with van der Waals surface area (Å²) in [6.45, 7) is 0.423. The molecule has 0 spiro atoms. The normalized spacial score (nSPS) is 10.1. The summed E-state index contributed by atoms with van der Waals surface area (Å²) in [5.41, 5.74) is 7.22. The summed E-state index contributed by atoms with van der Waals surface area (Å²) in [4.78, 5) is 4.11. The van der Waals surface area contributed by atoms with Crippen LogP contribution >= 0.6 is 15.9 Å². The molecule has 0 fully saturated rings. The molecule has 2 rings (SSSR count). The maximum atomic E-state index is 5.61. The van der Waals surface area contributed by atoms with Gasteiger partial charge in [-0.2, -0.15) is 0 Å². The average molecular weight is 309 g/mol.